The maximum atomic E-state index is 13.1. The highest BCUT2D eigenvalue weighted by Gasteiger charge is 2.43. The monoisotopic (exact) mass is 489 g/mol. The Morgan fingerprint density at radius 2 is 1.72 bits per heavy atom. The molecule has 1 atom stereocenters. The molecule has 36 heavy (non-hydrogen) atoms. The Kier molecular flexibility index (Phi) is 8.09. The average molecular weight is 490 g/mol. The number of allylic oxidation sites excluding steroid dienone is 1. The molecular formula is C26H27N5O5. The Labute approximate surface area is 209 Å². The molecule has 3 N–H and O–H groups in total. The molecule has 3 rings (SSSR count). The third-order valence-electron chi connectivity index (χ3n) is 5.46. The van der Waals surface area contributed by atoms with Crippen molar-refractivity contribution in [3.8, 4) is 6.07 Å². The van der Waals surface area contributed by atoms with Gasteiger partial charge < -0.3 is 25.4 Å². The molecule has 0 spiro atoms. The number of benzene rings is 2. The largest absolute Gasteiger partial charge is 0.466 e. The number of carbonyl (C=O) groups excluding carboxylic acids is 3. The first-order valence-electron chi connectivity index (χ1n) is 10.9. The average Bonchev–Trinajstić information content (AvgIpc) is 2.87. The van der Waals surface area contributed by atoms with Gasteiger partial charge in [0.05, 0.1) is 43.9 Å². The van der Waals surface area contributed by atoms with Crippen LogP contribution < -0.4 is 16.0 Å². The molecule has 0 saturated carbocycles. The standard InChI is InChI=1S/C26H27N5O5/c1-30(2)15-20(32)29-17-11-8-12-18(13-17)31-23(26(34)36-4)22(25(33)35-3)21(19(14-27)24(31)28)16-9-6-5-7-10-16/h5-13,21H,15,28H2,1-4H3,(H,29,32). The van der Waals surface area contributed by atoms with Crippen LogP contribution in [0.2, 0.25) is 0 Å². The molecule has 10 nitrogen and oxygen atoms in total. The molecule has 0 aromatic heterocycles. The SMILES string of the molecule is COC(=O)C1=C(C(=O)OC)N(c2cccc(NC(=O)CN(C)C)c2)C(N)=C(C#N)C1c1ccccc1. The quantitative estimate of drug-likeness (QED) is 0.560. The molecule has 1 heterocycles. The van der Waals surface area contributed by atoms with Crippen LogP contribution in [-0.4, -0.2) is 57.6 Å². The number of nitriles is 1. The van der Waals surface area contributed by atoms with E-state index < -0.39 is 17.9 Å². The van der Waals surface area contributed by atoms with Crippen LogP contribution in [-0.2, 0) is 23.9 Å². The number of nitrogens with zero attached hydrogens (tertiary/aromatic N) is 3. The molecule has 1 aliphatic rings. The molecule has 1 amide bonds. The van der Waals surface area contributed by atoms with E-state index in [4.69, 9.17) is 15.2 Å². The van der Waals surface area contributed by atoms with Gasteiger partial charge in [0.25, 0.3) is 0 Å². The molecule has 2 aromatic carbocycles. The summed E-state index contributed by atoms with van der Waals surface area (Å²) in [6.07, 6.45) is 0. The third kappa shape index (κ3) is 5.21. The number of amides is 1. The van der Waals surface area contributed by atoms with Crippen LogP contribution in [0.25, 0.3) is 0 Å². The lowest BCUT2D eigenvalue weighted by atomic mass is 9.81. The van der Waals surface area contributed by atoms with Crippen LogP contribution in [0.3, 0.4) is 0 Å². The number of nitrogens with two attached hydrogens (primary N) is 1. The number of likely N-dealkylation sites (N-methyl/N-ethyl adjacent to an activating group) is 1. The first-order chi connectivity index (χ1) is 17.2. The Balaban J connectivity index is 2.26. The predicted molar refractivity (Wildman–Crippen MR) is 133 cm³/mol. The van der Waals surface area contributed by atoms with Gasteiger partial charge in [0, 0.05) is 11.4 Å². The highest BCUT2D eigenvalue weighted by atomic mass is 16.5. The summed E-state index contributed by atoms with van der Waals surface area (Å²) in [7, 11) is 5.90. The Morgan fingerprint density at radius 3 is 2.31 bits per heavy atom. The van der Waals surface area contributed by atoms with E-state index in [9.17, 15) is 19.6 Å². The summed E-state index contributed by atoms with van der Waals surface area (Å²) in [6, 6.07) is 17.4. The van der Waals surface area contributed by atoms with Crippen LogP contribution in [0, 0.1) is 11.3 Å². The van der Waals surface area contributed by atoms with Crippen LogP contribution in [0.15, 0.2) is 77.3 Å². The van der Waals surface area contributed by atoms with Gasteiger partial charge in [0.2, 0.25) is 5.91 Å². The molecule has 0 aliphatic carbocycles. The topological polar surface area (TPSA) is 138 Å². The van der Waals surface area contributed by atoms with Crippen molar-refractivity contribution in [3.05, 3.63) is 82.8 Å². The number of hydrogen-bond acceptors (Lipinski definition) is 9. The van der Waals surface area contributed by atoms with Gasteiger partial charge in [-0.1, -0.05) is 36.4 Å². The summed E-state index contributed by atoms with van der Waals surface area (Å²) in [6.45, 7) is 0.160. The van der Waals surface area contributed by atoms with Gasteiger partial charge in [0.1, 0.15) is 11.5 Å². The highest BCUT2D eigenvalue weighted by molar-refractivity contribution is 6.06. The summed E-state index contributed by atoms with van der Waals surface area (Å²) in [5, 5.41) is 12.9. The van der Waals surface area contributed by atoms with Crippen molar-refractivity contribution in [3.63, 3.8) is 0 Å². The zero-order valence-electron chi connectivity index (χ0n) is 20.4. The van der Waals surface area contributed by atoms with Crippen LogP contribution >= 0.6 is 0 Å². The van der Waals surface area contributed by atoms with Crippen molar-refractivity contribution in [2.24, 2.45) is 5.73 Å². The van der Waals surface area contributed by atoms with E-state index >= 15 is 0 Å². The normalized spacial score (nSPS) is 15.4. The summed E-state index contributed by atoms with van der Waals surface area (Å²) in [4.78, 5) is 41.5. The molecule has 2 aromatic rings. The van der Waals surface area contributed by atoms with Gasteiger partial charge in [-0.15, -0.1) is 0 Å². The summed E-state index contributed by atoms with van der Waals surface area (Å²) < 4.78 is 10.0. The fourth-order valence-electron chi connectivity index (χ4n) is 3.99. The maximum absolute atomic E-state index is 13.1. The lowest BCUT2D eigenvalue weighted by Crippen LogP contribution is -2.40. The second-order valence-electron chi connectivity index (χ2n) is 8.17. The number of esters is 2. The highest BCUT2D eigenvalue weighted by Crippen LogP contribution is 2.43. The molecular weight excluding hydrogens is 462 g/mol. The third-order valence-corrected chi connectivity index (χ3v) is 5.46. The smallest absolute Gasteiger partial charge is 0.355 e. The van der Waals surface area contributed by atoms with E-state index in [1.54, 1.807) is 73.6 Å². The number of methoxy groups -OCH3 is 2. The Bertz CT molecular complexity index is 1280. The Morgan fingerprint density at radius 1 is 1.06 bits per heavy atom. The molecule has 0 saturated heterocycles. The lowest BCUT2D eigenvalue weighted by Gasteiger charge is -2.36. The molecule has 1 unspecified atom stereocenters. The van der Waals surface area contributed by atoms with E-state index in [2.05, 4.69) is 11.4 Å². The molecule has 1 aliphatic heterocycles. The van der Waals surface area contributed by atoms with E-state index in [0.717, 1.165) is 0 Å². The minimum Gasteiger partial charge on any atom is -0.466 e. The van der Waals surface area contributed by atoms with Crippen LogP contribution in [0.1, 0.15) is 11.5 Å². The van der Waals surface area contributed by atoms with Crippen molar-refractivity contribution in [1.82, 2.24) is 4.90 Å². The molecule has 0 fully saturated rings. The fraction of sp³-hybridized carbons (Fsp3) is 0.231. The zero-order chi connectivity index (χ0) is 26.4. The zero-order valence-corrected chi connectivity index (χ0v) is 20.4. The minimum atomic E-state index is -0.961. The van der Waals surface area contributed by atoms with Gasteiger partial charge in [-0.3, -0.25) is 9.69 Å². The van der Waals surface area contributed by atoms with E-state index in [0.29, 0.717) is 16.9 Å². The first kappa shape index (κ1) is 26.0. The van der Waals surface area contributed by atoms with Gasteiger partial charge in [0.15, 0.2) is 0 Å². The molecule has 0 bridgehead atoms. The second kappa shape index (κ2) is 11.2. The fourth-order valence-corrected chi connectivity index (χ4v) is 3.99. The summed E-state index contributed by atoms with van der Waals surface area (Å²) >= 11 is 0. The van der Waals surface area contributed by atoms with Crippen LogP contribution in [0.4, 0.5) is 11.4 Å². The number of anilines is 2. The second-order valence-corrected chi connectivity index (χ2v) is 8.17. The van der Waals surface area contributed by atoms with Gasteiger partial charge in [-0.2, -0.15) is 5.26 Å². The van der Waals surface area contributed by atoms with E-state index in [1.807, 2.05) is 0 Å². The molecule has 10 heteroatoms. The number of hydrogen-bond donors (Lipinski definition) is 2. The van der Waals surface area contributed by atoms with Gasteiger partial charge in [-0.05, 0) is 37.9 Å². The van der Waals surface area contributed by atoms with E-state index in [-0.39, 0.29) is 35.1 Å². The van der Waals surface area contributed by atoms with Crippen molar-refractivity contribution < 1.29 is 23.9 Å². The first-order valence-corrected chi connectivity index (χ1v) is 10.9. The van der Waals surface area contributed by atoms with Gasteiger partial charge >= 0.3 is 11.9 Å². The van der Waals surface area contributed by atoms with Gasteiger partial charge in [-0.25, -0.2) is 9.59 Å². The number of rotatable bonds is 7. The molecule has 186 valence electrons. The lowest BCUT2D eigenvalue weighted by molar-refractivity contribution is -0.139. The number of nitrogens with one attached hydrogen (secondary N) is 1. The summed E-state index contributed by atoms with van der Waals surface area (Å²) in [5.74, 6) is -2.93. The predicted octanol–water partition coefficient (Wildman–Crippen LogP) is 2.08. The van der Waals surface area contributed by atoms with Crippen molar-refractivity contribution >= 4 is 29.2 Å². The van der Waals surface area contributed by atoms with Crippen molar-refractivity contribution in [1.29, 1.82) is 5.26 Å². The van der Waals surface area contributed by atoms with Crippen molar-refractivity contribution in [2.45, 2.75) is 5.92 Å². The number of ether oxygens (including phenoxy) is 2. The van der Waals surface area contributed by atoms with Crippen LogP contribution in [0.5, 0.6) is 0 Å². The Hall–Kier alpha value is -4.62. The summed E-state index contributed by atoms with van der Waals surface area (Å²) in [5.41, 5.74) is 7.59. The van der Waals surface area contributed by atoms with Crippen molar-refractivity contribution in [2.75, 3.05) is 45.1 Å². The van der Waals surface area contributed by atoms with E-state index in [1.165, 1.54) is 19.1 Å². The maximum Gasteiger partial charge on any atom is 0.355 e. The minimum absolute atomic E-state index is 0.0521. The molecule has 0 radical (unpaired) electrons. The number of carbonyl (C=O) groups is 3.